The number of halogens is 1. The average molecular weight is 313 g/mol. The van der Waals surface area contributed by atoms with Crippen molar-refractivity contribution >= 4 is 21.8 Å². The van der Waals surface area contributed by atoms with Crippen LogP contribution in [0.25, 0.3) is 0 Å². The van der Waals surface area contributed by atoms with Gasteiger partial charge in [-0.1, -0.05) is 13.8 Å². The van der Waals surface area contributed by atoms with Gasteiger partial charge in [0.1, 0.15) is 6.10 Å². The van der Waals surface area contributed by atoms with Crippen LogP contribution in [0.5, 0.6) is 5.88 Å². The zero-order valence-corrected chi connectivity index (χ0v) is 12.2. The van der Waals surface area contributed by atoms with E-state index in [9.17, 15) is 4.79 Å². The first-order chi connectivity index (χ1) is 8.56. The van der Waals surface area contributed by atoms with Crippen molar-refractivity contribution in [2.45, 2.75) is 26.4 Å². The molecule has 0 aliphatic carbocycles. The Morgan fingerprint density at radius 2 is 2.33 bits per heavy atom. The second-order valence-corrected chi connectivity index (χ2v) is 5.78. The molecule has 0 saturated carbocycles. The first kappa shape index (κ1) is 13.3. The fourth-order valence-corrected chi connectivity index (χ4v) is 2.16. The number of carbonyl (C=O) groups is 1. The largest absolute Gasteiger partial charge is 0.470 e. The van der Waals surface area contributed by atoms with E-state index in [1.165, 1.54) is 0 Å². The molecule has 5 heteroatoms. The number of hydrogen-bond donors (Lipinski definition) is 0. The summed E-state index contributed by atoms with van der Waals surface area (Å²) in [6.07, 6.45) is 2.37. The van der Waals surface area contributed by atoms with Gasteiger partial charge in [-0.15, -0.1) is 0 Å². The van der Waals surface area contributed by atoms with Crippen molar-refractivity contribution in [2.24, 2.45) is 5.92 Å². The Labute approximate surface area is 115 Å². The SMILES string of the molecule is CC(C)CC(=O)N1CC(Oc2ncccc2Br)C1. The molecule has 1 aliphatic rings. The summed E-state index contributed by atoms with van der Waals surface area (Å²) in [7, 11) is 0. The molecule has 0 atom stereocenters. The molecule has 4 nitrogen and oxygen atoms in total. The number of amides is 1. The minimum atomic E-state index is 0.0623. The second-order valence-electron chi connectivity index (χ2n) is 4.93. The van der Waals surface area contributed by atoms with Crippen molar-refractivity contribution in [1.82, 2.24) is 9.88 Å². The lowest BCUT2D eigenvalue weighted by molar-refractivity contribution is -0.140. The fourth-order valence-electron chi connectivity index (χ4n) is 1.81. The van der Waals surface area contributed by atoms with Crippen molar-refractivity contribution < 1.29 is 9.53 Å². The maximum absolute atomic E-state index is 11.7. The molecule has 0 radical (unpaired) electrons. The van der Waals surface area contributed by atoms with Gasteiger partial charge in [-0.2, -0.15) is 0 Å². The maximum atomic E-state index is 11.7. The number of nitrogens with zero attached hydrogens (tertiary/aromatic N) is 2. The maximum Gasteiger partial charge on any atom is 0.228 e. The van der Waals surface area contributed by atoms with E-state index in [0.29, 0.717) is 31.3 Å². The number of carbonyl (C=O) groups excluding carboxylic acids is 1. The molecule has 2 heterocycles. The van der Waals surface area contributed by atoms with Crippen LogP contribution in [0.3, 0.4) is 0 Å². The minimum absolute atomic E-state index is 0.0623. The van der Waals surface area contributed by atoms with Crippen LogP contribution in [0.4, 0.5) is 0 Å². The molecule has 1 amide bonds. The van der Waals surface area contributed by atoms with E-state index in [-0.39, 0.29) is 12.0 Å². The highest BCUT2D eigenvalue weighted by atomic mass is 79.9. The van der Waals surface area contributed by atoms with Gasteiger partial charge in [-0.3, -0.25) is 4.79 Å². The van der Waals surface area contributed by atoms with Gasteiger partial charge in [0.05, 0.1) is 17.6 Å². The summed E-state index contributed by atoms with van der Waals surface area (Å²) in [4.78, 5) is 17.7. The first-order valence-corrected chi connectivity index (χ1v) is 6.90. The third kappa shape index (κ3) is 3.22. The lowest BCUT2D eigenvalue weighted by Crippen LogP contribution is -2.56. The molecule has 1 aliphatic heterocycles. The summed E-state index contributed by atoms with van der Waals surface area (Å²) in [6, 6.07) is 3.73. The molecular weight excluding hydrogens is 296 g/mol. The molecule has 18 heavy (non-hydrogen) atoms. The first-order valence-electron chi connectivity index (χ1n) is 6.11. The van der Waals surface area contributed by atoms with Crippen LogP contribution in [-0.4, -0.2) is 35.0 Å². The number of rotatable bonds is 4. The fraction of sp³-hybridized carbons (Fsp3) is 0.538. The molecule has 1 fully saturated rings. The Kier molecular flexibility index (Phi) is 4.22. The molecule has 0 unspecified atom stereocenters. The van der Waals surface area contributed by atoms with Gasteiger partial charge in [0.15, 0.2) is 0 Å². The van der Waals surface area contributed by atoms with Crippen molar-refractivity contribution in [2.75, 3.05) is 13.1 Å². The van der Waals surface area contributed by atoms with Gasteiger partial charge in [-0.05, 0) is 34.0 Å². The molecule has 0 bridgehead atoms. The molecule has 0 aromatic carbocycles. The van der Waals surface area contributed by atoms with E-state index < -0.39 is 0 Å². The van der Waals surface area contributed by atoms with Crippen LogP contribution >= 0.6 is 15.9 Å². The highest BCUT2D eigenvalue weighted by Crippen LogP contribution is 2.24. The number of pyridine rings is 1. The Morgan fingerprint density at radius 1 is 1.61 bits per heavy atom. The highest BCUT2D eigenvalue weighted by Gasteiger charge is 2.32. The average Bonchev–Trinajstić information content (AvgIpc) is 2.23. The lowest BCUT2D eigenvalue weighted by atomic mass is 10.1. The monoisotopic (exact) mass is 312 g/mol. The minimum Gasteiger partial charge on any atom is -0.470 e. The molecule has 2 rings (SSSR count). The zero-order valence-electron chi connectivity index (χ0n) is 10.6. The summed E-state index contributed by atoms with van der Waals surface area (Å²) < 4.78 is 6.56. The van der Waals surface area contributed by atoms with E-state index in [1.54, 1.807) is 6.20 Å². The van der Waals surface area contributed by atoms with Gasteiger partial charge in [0.2, 0.25) is 11.8 Å². The third-order valence-corrected chi connectivity index (χ3v) is 3.39. The molecule has 1 aromatic rings. The Hall–Kier alpha value is -1.10. The van der Waals surface area contributed by atoms with Gasteiger partial charge < -0.3 is 9.64 Å². The topological polar surface area (TPSA) is 42.4 Å². The molecule has 1 saturated heterocycles. The number of likely N-dealkylation sites (tertiary alicyclic amines) is 1. The van der Waals surface area contributed by atoms with Crippen LogP contribution in [0, 0.1) is 5.92 Å². The van der Waals surface area contributed by atoms with Crippen LogP contribution in [0.1, 0.15) is 20.3 Å². The second kappa shape index (κ2) is 5.69. The summed E-state index contributed by atoms with van der Waals surface area (Å²) in [5.41, 5.74) is 0. The van der Waals surface area contributed by atoms with Crippen LogP contribution < -0.4 is 4.74 Å². The van der Waals surface area contributed by atoms with Crippen molar-refractivity contribution in [3.63, 3.8) is 0 Å². The predicted octanol–water partition coefficient (Wildman–Crippen LogP) is 2.48. The highest BCUT2D eigenvalue weighted by molar-refractivity contribution is 9.10. The van der Waals surface area contributed by atoms with E-state index in [0.717, 1.165) is 4.47 Å². The Morgan fingerprint density at radius 3 is 2.94 bits per heavy atom. The van der Waals surface area contributed by atoms with Crippen molar-refractivity contribution in [3.05, 3.63) is 22.8 Å². The van der Waals surface area contributed by atoms with E-state index in [2.05, 4.69) is 34.8 Å². The standard InChI is InChI=1S/C13H17BrN2O2/c1-9(2)6-12(17)16-7-10(8-16)18-13-11(14)4-3-5-15-13/h3-5,9-10H,6-8H2,1-2H3. The summed E-state index contributed by atoms with van der Waals surface area (Å²) in [6.45, 7) is 5.43. The lowest BCUT2D eigenvalue weighted by Gasteiger charge is -2.39. The van der Waals surface area contributed by atoms with Gasteiger partial charge >= 0.3 is 0 Å². The third-order valence-electron chi connectivity index (χ3n) is 2.79. The summed E-state index contributed by atoms with van der Waals surface area (Å²) in [5.74, 6) is 1.21. The van der Waals surface area contributed by atoms with Crippen molar-refractivity contribution in [3.8, 4) is 5.88 Å². The van der Waals surface area contributed by atoms with Gasteiger partial charge in [0, 0.05) is 12.6 Å². The number of hydrogen-bond acceptors (Lipinski definition) is 3. The smallest absolute Gasteiger partial charge is 0.228 e. The van der Waals surface area contributed by atoms with Crippen LogP contribution in [-0.2, 0) is 4.79 Å². The molecule has 1 aromatic heterocycles. The number of aromatic nitrogens is 1. The van der Waals surface area contributed by atoms with Gasteiger partial charge in [0.25, 0.3) is 0 Å². The summed E-state index contributed by atoms with van der Waals surface area (Å²) in [5, 5.41) is 0. The molecule has 0 spiro atoms. The predicted molar refractivity (Wildman–Crippen MR) is 72.4 cm³/mol. The van der Waals surface area contributed by atoms with Crippen molar-refractivity contribution in [1.29, 1.82) is 0 Å². The van der Waals surface area contributed by atoms with E-state index in [4.69, 9.17) is 4.74 Å². The van der Waals surface area contributed by atoms with Crippen LogP contribution in [0.15, 0.2) is 22.8 Å². The normalized spacial score (nSPS) is 15.7. The van der Waals surface area contributed by atoms with E-state index >= 15 is 0 Å². The zero-order chi connectivity index (χ0) is 13.1. The molecular formula is C13H17BrN2O2. The quantitative estimate of drug-likeness (QED) is 0.857. The Balaban J connectivity index is 1.80. The van der Waals surface area contributed by atoms with Gasteiger partial charge in [-0.25, -0.2) is 4.98 Å². The Bertz CT molecular complexity index is 431. The number of ether oxygens (including phenoxy) is 1. The summed E-state index contributed by atoms with van der Waals surface area (Å²) >= 11 is 3.39. The van der Waals surface area contributed by atoms with E-state index in [1.807, 2.05) is 17.0 Å². The molecule has 98 valence electrons. The van der Waals surface area contributed by atoms with Crippen LogP contribution in [0.2, 0.25) is 0 Å². The molecule has 0 N–H and O–H groups in total.